The molecule has 0 bridgehead atoms. The Morgan fingerprint density at radius 2 is 1.86 bits per heavy atom. The van der Waals surface area contributed by atoms with Gasteiger partial charge in [0.1, 0.15) is 5.69 Å². The van der Waals surface area contributed by atoms with Crippen LogP contribution in [0.15, 0.2) is 0 Å². The molecule has 1 fully saturated rings. The number of quaternary nitrogens is 1. The lowest BCUT2D eigenvalue weighted by Crippen LogP contribution is -3.12. The van der Waals surface area contributed by atoms with Gasteiger partial charge in [-0.1, -0.05) is 20.8 Å². The fourth-order valence-corrected chi connectivity index (χ4v) is 2.67. The highest BCUT2D eigenvalue weighted by Gasteiger charge is 2.38. The number of carbonyl (C=O) groups is 1. The van der Waals surface area contributed by atoms with Crippen molar-refractivity contribution in [1.82, 2.24) is 14.7 Å². The van der Waals surface area contributed by atoms with Crippen LogP contribution in [0.4, 0.5) is 5.69 Å². The van der Waals surface area contributed by atoms with Gasteiger partial charge in [0.05, 0.1) is 38.2 Å². The van der Waals surface area contributed by atoms with Crippen LogP contribution in [0.3, 0.4) is 0 Å². The fraction of sp³-hybridized carbons (Fsp3) is 0.714. The maximum Gasteiger partial charge on any atom is 0.323 e. The molecule has 0 spiro atoms. The molecule has 0 unspecified atom stereocenters. The molecule has 2 rings (SSSR count). The summed E-state index contributed by atoms with van der Waals surface area (Å²) in [6.07, 6.45) is 0. The number of nitro groups is 1. The van der Waals surface area contributed by atoms with E-state index in [1.807, 2.05) is 20.8 Å². The van der Waals surface area contributed by atoms with Crippen LogP contribution in [-0.2, 0) is 12.5 Å². The molecule has 1 aliphatic rings. The standard InChI is InChI=1S/C14H23N5O3/c1-14(2,3)12-10(19(21)22)11(17(5)15-12)13(20)18-8-6-16(4)7-9-18/h6-9H2,1-5H3/p+1. The van der Waals surface area contributed by atoms with E-state index in [1.54, 1.807) is 11.9 Å². The maximum absolute atomic E-state index is 12.7. The largest absolute Gasteiger partial charge is 0.334 e. The topological polar surface area (TPSA) is 85.7 Å². The predicted molar refractivity (Wildman–Crippen MR) is 81.1 cm³/mol. The summed E-state index contributed by atoms with van der Waals surface area (Å²) in [5.41, 5.74) is -0.228. The third-order valence-corrected chi connectivity index (χ3v) is 4.02. The van der Waals surface area contributed by atoms with Crippen LogP contribution in [0.2, 0.25) is 0 Å². The van der Waals surface area contributed by atoms with Gasteiger partial charge in [0.2, 0.25) is 5.69 Å². The molecule has 122 valence electrons. The third-order valence-electron chi connectivity index (χ3n) is 4.02. The van der Waals surface area contributed by atoms with Gasteiger partial charge in [-0.3, -0.25) is 19.6 Å². The highest BCUT2D eigenvalue weighted by Crippen LogP contribution is 2.33. The second-order valence-electron chi connectivity index (χ2n) is 6.93. The van der Waals surface area contributed by atoms with E-state index < -0.39 is 10.3 Å². The number of nitrogens with zero attached hydrogens (tertiary/aromatic N) is 4. The molecule has 0 aromatic carbocycles. The molecule has 22 heavy (non-hydrogen) atoms. The summed E-state index contributed by atoms with van der Waals surface area (Å²) >= 11 is 0. The number of carbonyl (C=O) groups excluding carboxylic acids is 1. The van der Waals surface area contributed by atoms with Gasteiger partial charge in [-0.15, -0.1) is 0 Å². The quantitative estimate of drug-likeness (QED) is 0.595. The number of piperazine rings is 1. The average molecular weight is 310 g/mol. The summed E-state index contributed by atoms with van der Waals surface area (Å²) in [4.78, 5) is 26.8. The van der Waals surface area contributed by atoms with Gasteiger partial charge in [-0.25, -0.2) is 0 Å². The zero-order chi connectivity index (χ0) is 16.7. The van der Waals surface area contributed by atoms with E-state index in [0.717, 1.165) is 13.1 Å². The van der Waals surface area contributed by atoms with Gasteiger partial charge < -0.3 is 9.80 Å². The minimum absolute atomic E-state index is 0.0782. The molecule has 8 heteroatoms. The second-order valence-corrected chi connectivity index (χ2v) is 6.93. The molecule has 1 amide bonds. The molecular weight excluding hydrogens is 286 g/mol. The number of likely N-dealkylation sites (N-methyl/N-ethyl adjacent to an activating group) is 1. The summed E-state index contributed by atoms with van der Waals surface area (Å²) in [6.45, 7) is 8.49. The zero-order valence-corrected chi connectivity index (χ0v) is 13.8. The van der Waals surface area contributed by atoms with Crippen LogP contribution in [0.1, 0.15) is 37.0 Å². The smallest absolute Gasteiger partial charge is 0.323 e. The van der Waals surface area contributed by atoms with Gasteiger partial charge in [-0.05, 0) is 0 Å². The molecule has 1 aromatic rings. The molecule has 2 heterocycles. The number of aryl methyl sites for hydroxylation is 1. The van der Waals surface area contributed by atoms with Crippen LogP contribution < -0.4 is 4.90 Å². The van der Waals surface area contributed by atoms with Crippen molar-refractivity contribution >= 4 is 11.6 Å². The Bertz CT molecular complexity index is 594. The SMILES string of the molecule is Cn1nc(C(C)(C)C)c([N+](=O)[O-])c1C(=O)N1CC[NH+](C)CC1. The van der Waals surface area contributed by atoms with Gasteiger partial charge in [0.15, 0.2) is 0 Å². The Balaban J connectivity index is 2.44. The predicted octanol–water partition coefficient (Wildman–Crippen LogP) is -0.404. The summed E-state index contributed by atoms with van der Waals surface area (Å²) in [5.74, 6) is -0.301. The van der Waals surface area contributed by atoms with Crippen molar-refractivity contribution in [2.75, 3.05) is 33.2 Å². The van der Waals surface area contributed by atoms with Gasteiger partial charge in [0.25, 0.3) is 5.91 Å². The van der Waals surface area contributed by atoms with E-state index in [9.17, 15) is 14.9 Å². The molecule has 1 aromatic heterocycles. The first kappa shape index (κ1) is 16.4. The van der Waals surface area contributed by atoms with Crippen LogP contribution in [-0.4, -0.2) is 58.7 Å². The maximum atomic E-state index is 12.7. The molecular formula is C14H24N5O3+. The molecule has 0 aliphatic carbocycles. The highest BCUT2D eigenvalue weighted by atomic mass is 16.6. The lowest BCUT2D eigenvalue weighted by Gasteiger charge is -2.29. The summed E-state index contributed by atoms with van der Waals surface area (Å²) < 4.78 is 1.35. The van der Waals surface area contributed by atoms with E-state index in [-0.39, 0.29) is 17.3 Å². The Morgan fingerprint density at radius 1 is 1.32 bits per heavy atom. The number of rotatable bonds is 2. The lowest BCUT2D eigenvalue weighted by atomic mass is 9.91. The zero-order valence-electron chi connectivity index (χ0n) is 13.8. The van der Waals surface area contributed by atoms with Crippen molar-refractivity contribution in [2.24, 2.45) is 7.05 Å². The van der Waals surface area contributed by atoms with Crippen LogP contribution >= 0.6 is 0 Å². The molecule has 1 aliphatic heterocycles. The highest BCUT2D eigenvalue weighted by molar-refractivity contribution is 5.97. The average Bonchev–Trinajstić information content (AvgIpc) is 2.76. The van der Waals surface area contributed by atoms with Crippen molar-refractivity contribution in [3.63, 3.8) is 0 Å². The van der Waals surface area contributed by atoms with Crippen LogP contribution in [0, 0.1) is 10.1 Å². The summed E-state index contributed by atoms with van der Waals surface area (Å²) in [5, 5.41) is 15.8. The second kappa shape index (κ2) is 5.68. The van der Waals surface area contributed by atoms with E-state index in [1.165, 1.54) is 9.58 Å². The van der Waals surface area contributed by atoms with Crippen molar-refractivity contribution in [3.8, 4) is 0 Å². The van der Waals surface area contributed by atoms with Gasteiger partial charge in [0, 0.05) is 12.5 Å². The van der Waals surface area contributed by atoms with Crippen LogP contribution in [0.5, 0.6) is 0 Å². The molecule has 1 saturated heterocycles. The van der Waals surface area contributed by atoms with E-state index in [0.29, 0.717) is 18.8 Å². The van der Waals surface area contributed by atoms with E-state index >= 15 is 0 Å². The third kappa shape index (κ3) is 2.96. The Morgan fingerprint density at radius 3 is 2.32 bits per heavy atom. The molecule has 0 saturated carbocycles. The molecule has 1 N–H and O–H groups in total. The Kier molecular flexibility index (Phi) is 4.23. The molecule has 0 radical (unpaired) electrons. The first-order valence-electron chi connectivity index (χ1n) is 7.45. The van der Waals surface area contributed by atoms with E-state index in [4.69, 9.17) is 0 Å². The van der Waals surface area contributed by atoms with Crippen molar-refractivity contribution in [2.45, 2.75) is 26.2 Å². The van der Waals surface area contributed by atoms with Crippen molar-refractivity contribution < 1.29 is 14.6 Å². The normalized spacial score (nSPS) is 16.9. The monoisotopic (exact) mass is 310 g/mol. The number of hydrogen-bond donors (Lipinski definition) is 1. The minimum Gasteiger partial charge on any atom is -0.334 e. The Labute approximate surface area is 129 Å². The van der Waals surface area contributed by atoms with E-state index in [2.05, 4.69) is 12.1 Å². The van der Waals surface area contributed by atoms with Crippen molar-refractivity contribution in [3.05, 3.63) is 21.5 Å². The van der Waals surface area contributed by atoms with Gasteiger partial charge >= 0.3 is 5.69 Å². The molecule has 8 nitrogen and oxygen atoms in total. The fourth-order valence-electron chi connectivity index (χ4n) is 2.67. The summed E-state index contributed by atoms with van der Waals surface area (Å²) in [6, 6.07) is 0. The van der Waals surface area contributed by atoms with Crippen molar-refractivity contribution in [1.29, 1.82) is 0 Å². The van der Waals surface area contributed by atoms with Gasteiger partial charge in [-0.2, -0.15) is 5.10 Å². The first-order valence-corrected chi connectivity index (χ1v) is 7.45. The minimum atomic E-state index is -0.495. The lowest BCUT2D eigenvalue weighted by molar-refractivity contribution is -0.883. The Hall–Kier alpha value is -1.96. The number of hydrogen-bond acceptors (Lipinski definition) is 4. The number of aromatic nitrogens is 2. The van der Waals surface area contributed by atoms with Crippen LogP contribution in [0.25, 0.3) is 0 Å². The first-order chi connectivity index (χ1) is 10.1. The summed E-state index contributed by atoms with van der Waals surface area (Å²) in [7, 11) is 3.67. The number of nitrogens with one attached hydrogen (secondary N) is 1. The number of amides is 1. The molecule has 0 atom stereocenters.